The first-order chi connectivity index (χ1) is 16.3. The summed E-state index contributed by atoms with van der Waals surface area (Å²) >= 11 is 0. The lowest BCUT2D eigenvalue weighted by Crippen LogP contribution is -2.61. The van der Waals surface area contributed by atoms with Crippen LogP contribution in [-0.4, -0.2) is 24.6 Å². The summed E-state index contributed by atoms with van der Waals surface area (Å²) in [6.07, 6.45) is -8.49. The third-order valence-electron chi connectivity index (χ3n) is 7.02. The minimum Gasteiger partial charge on any atom is -0.372 e. The molecule has 3 atom stereocenters. The van der Waals surface area contributed by atoms with Gasteiger partial charge in [0.2, 0.25) is 5.91 Å². The van der Waals surface area contributed by atoms with Gasteiger partial charge >= 0.3 is 12.4 Å². The maximum atomic E-state index is 13.3. The number of carbonyl (C=O) groups excluding carboxylic acids is 1. The minimum atomic E-state index is -4.92. The van der Waals surface area contributed by atoms with Crippen molar-refractivity contribution in [1.29, 1.82) is 0 Å². The number of amides is 1. The van der Waals surface area contributed by atoms with Crippen molar-refractivity contribution < 1.29 is 35.9 Å². The van der Waals surface area contributed by atoms with E-state index in [0.29, 0.717) is 44.4 Å². The van der Waals surface area contributed by atoms with Crippen molar-refractivity contribution in [2.24, 2.45) is 0 Å². The molecule has 35 heavy (non-hydrogen) atoms. The van der Waals surface area contributed by atoms with Gasteiger partial charge in [-0.15, -0.1) is 0 Å². The summed E-state index contributed by atoms with van der Waals surface area (Å²) in [6.45, 7) is 1.95. The highest BCUT2D eigenvalue weighted by Gasteiger charge is 2.47. The molecule has 0 saturated carbocycles. The molecule has 10 heteroatoms. The average Bonchev–Trinajstić information content (AvgIpc) is 3.18. The third kappa shape index (κ3) is 5.48. The number of carbonyl (C=O) groups is 1. The summed E-state index contributed by atoms with van der Waals surface area (Å²) in [4.78, 5) is 11.8. The first-order valence-corrected chi connectivity index (χ1v) is 11.3. The van der Waals surface area contributed by atoms with Crippen LogP contribution in [0.1, 0.15) is 61.0 Å². The molecule has 1 amide bonds. The molecule has 2 aromatic rings. The Hall–Kier alpha value is -2.59. The summed E-state index contributed by atoms with van der Waals surface area (Å²) in [6, 6.07) is 10.9. The molecular formula is C25H26F6N2O2. The van der Waals surface area contributed by atoms with Gasteiger partial charge in [0.05, 0.1) is 34.9 Å². The maximum absolute atomic E-state index is 13.3. The molecule has 0 aliphatic carbocycles. The predicted molar refractivity (Wildman–Crippen MR) is 116 cm³/mol. The van der Waals surface area contributed by atoms with E-state index in [2.05, 4.69) is 10.6 Å². The second kappa shape index (κ2) is 9.13. The van der Waals surface area contributed by atoms with E-state index in [0.717, 1.165) is 5.56 Å². The molecule has 2 heterocycles. The Morgan fingerprint density at radius 1 is 0.943 bits per heavy atom. The summed E-state index contributed by atoms with van der Waals surface area (Å²) in [7, 11) is 0. The van der Waals surface area contributed by atoms with Gasteiger partial charge in [-0.05, 0) is 55.5 Å². The highest BCUT2D eigenvalue weighted by molar-refractivity contribution is 5.79. The van der Waals surface area contributed by atoms with Gasteiger partial charge in [0, 0.05) is 13.0 Å². The number of alkyl halides is 6. The SMILES string of the molecule is C[C@@H](OC[C@@]1(c2ccccc2)CC[C@]2(CCC(=O)N2)CN1)c1cc(C(F)(F)F)cc(C(F)(F)F)c1. The van der Waals surface area contributed by atoms with Crippen LogP contribution in [0.4, 0.5) is 26.3 Å². The Morgan fingerprint density at radius 3 is 2.06 bits per heavy atom. The molecule has 2 saturated heterocycles. The van der Waals surface area contributed by atoms with E-state index in [9.17, 15) is 31.1 Å². The second-order valence-corrected chi connectivity index (χ2v) is 9.42. The summed E-state index contributed by atoms with van der Waals surface area (Å²) in [5.41, 5.74) is -3.11. The Labute approximate surface area is 199 Å². The van der Waals surface area contributed by atoms with Crippen molar-refractivity contribution in [2.75, 3.05) is 13.2 Å². The first-order valence-electron chi connectivity index (χ1n) is 11.3. The highest BCUT2D eigenvalue weighted by atomic mass is 19.4. The molecule has 190 valence electrons. The number of hydrogen-bond acceptors (Lipinski definition) is 3. The topological polar surface area (TPSA) is 50.4 Å². The Kier molecular flexibility index (Phi) is 6.65. The number of halogens is 6. The smallest absolute Gasteiger partial charge is 0.372 e. The van der Waals surface area contributed by atoms with Gasteiger partial charge in [0.25, 0.3) is 0 Å². The van der Waals surface area contributed by atoms with E-state index in [-0.39, 0.29) is 29.7 Å². The number of benzene rings is 2. The van der Waals surface area contributed by atoms with Gasteiger partial charge in [-0.25, -0.2) is 0 Å². The zero-order valence-corrected chi connectivity index (χ0v) is 19.0. The lowest BCUT2D eigenvalue weighted by atomic mass is 9.76. The van der Waals surface area contributed by atoms with Gasteiger partial charge in [-0.1, -0.05) is 30.3 Å². The quantitative estimate of drug-likeness (QED) is 0.516. The van der Waals surface area contributed by atoms with Crippen LogP contribution in [0.15, 0.2) is 48.5 Å². The van der Waals surface area contributed by atoms with Crippen LogP contribution in [0.25, 0.3) is 0 Å². The van der Waals surface area contributed by atoms with E-state index in [1.54, 1.807) is 0 Å². The number of piperidine rings is 1. The predicted octanol–water partition coefficient (Wildman–Crippen LogP) is 5.73. The van der Waals surface area contributed by atoms with Crippen molar-refractivity contribution in [3.63, 3.8) is 0 Å². The molecule has 2 fully saturated rings. The van der Waals surface area contributed by atoms with Crippen molar-refractivity contribution >= 4 is 5.91 Å². The minimum absolute atomic E-state index is 0.00565. The molecule has 0 unspecified atom stereocenters. The van der Waals surface area contributed by atoms with Crippen LogP contribution in [0.5, 0.6) is 0 Å². The monoisotopic (exact) mass is 500 g/mol. The van der Waals surface area contributed by atoms with Gasteiger partial charge in [0.1, 0.15) is 0 Å². The largest absolute Gasteiger partial charge is 0.416 e. The molecule has 1 spiro atoms. The van der Waals surface area contributed by atoms with Crippen LogP contribution >= 0.6 is 0 Å². The Morgan fingerprint density at radius 2 is 1.57 bits per heavy atom. The summed E-state index contributed by atoms with van der Waals surface area (Å²) in [5.74, 6) is -0.00565. The molecule has 2 aliphatic rings. The van der Waals surface area contributed by atoms with Crippen molar-refractivity contribution in [3.05, 3.63) is 70.8 Å². The van der Waals surface area contributed by atoms with E-state index < -0.39 is 35.1 Å². The van der Waals surface area contributed by atoms with Gasteiger partial charge in [-0.3, -0.25) is 4.79 Å². The number of ether oxygens (including phenoxy) is 1. The van der Waals surface area contributed by atoms with Gasteiger partial charge in [0.15, 0.2) is 0 Å². The van der Waals surface area contributed by atoms with Crippen molar-refractivity contribution in [3.8, 4) is 0 Å². The second-order valence-electron chi connectivity index (χ2n) is 9.42. The summed E-state index contributed by atoms with van der Waals surface area (Å²) < 4.78 is 85.6. The molecule has 2 aliphatic heterocycles. The van der Waals surface area contributed by atoms with E-state index in [4.69, 9.17) is 4.74 Å². The van der Waals surface area contributed by atoms with E-state index in [1.807, 2.05) is 30.3 Å². The van der Waals surface area contributed by atoms with Crippen LogP contribution in [0.3, 0.4) is 0 Å². The van der Waals surface area contributed by atoms with Crippen LogP contribution in [0.2, 0.25) is 0 Å². The number of hydrogen-bond donors (Lipinski definition) is 2. The molecule has 2 aromatic carbocycles. The molecule has 2 N–H and O–H groups in total. The van der Waals surface area contributed by atoms with Crippen molar-refractivity contribution in [2.45, 2.75) is 62.1 Å². The fourth-order valence-electron chi connectivity index (χ4n) is 4.85. The Balaban J connectivity index is 1.58. The molecule has 4 rings (SSSR count). The normalized spacial score (nSPS) is 26.1. The van der Waals surface area contributed by atoms with Gasteiger partial charge < -0.3 is 15.4 Å². The molecular weight excluding hydrogens is 474 g/mol. The van der Waals surface area contributed by atoms with E-state index in [1.165, 1.54) is 6.92 Å². The molecule has 0 aromatic heterocycles. The lowest BCUT2D eigenvalue weighted by molar-refractivity contribution is -0.143. The summed E-state index contributed by atoms with van der Waals surface area (Å²) in [5, 5.41) is 6.52. The maximum Gasteiger partial charge on any atom is 0.416 e. The number of rotatable bonds is 5. The Bertz CT molecular complexity index is 1030. The average molecular weight is 500 g/mol. The third-order valence-corrected chi connectivity index (χ3v) is 7.02. The molecule has 4 nitrogen and oxygen atoms in total. The lowest BCUT2D eigenvalue weighted by Gasteiger charge is -2.46. The fraction of sp³-hybridized carbons (Fsp3) is 0.480. The van der Waals surface area contributed by atoms with Crippen LogP contribution in [-0.2, 0) is 27.4 Å². The van der Waals surface area contributed by atoms with Gasteiger partial charge in [-0.2, -0.15) is 26.3 Å². The number of nitrogens with one attached hydrogen (secondary N) is 2. The standard InChI is InChI=1S/C25H26F6N2O2/c1-16(17-11-19(24(26,27)28)13-20(12-17)25(29,30)31)35-15-23(18-5-3-2-4-6-18)10-9-22(14-32-23)8-7-21(34)33-22/h2-6,11-13,16,32H,7-10,14-15H2,1H3,(H,33,34)/t16-,22-,23-/m1/s1. The van der Waals surface area contributed by atoms with E-state index >= 15 is 0 Å². The zero-order valence-electron chi connectivity index (χ0n) is 19.0. The fourth-order valence-corrected chi connectivity index (χ4v) is 4.85. The van der Waals surface area contributed by atoms with Crippen LogP contribution < -0.4 is 10.6 Å². The van der Waals surface area contributed by atoms with Crippen molar-refractivity contribution in [1.82, 2.24) is 10.6 Å². The first kappa shape index (κ1) is 25.5. The van der Waals surface area contributed by atoms with Crippen LogP contribution in [0, 0.1) is 0 Å². The molecule has 0 radical (unpaired) electrons. The molecule has 0 bridgehead atoms. The zero-order chi connectivity index (χ0) is 25.5. The highest BCUT2D eigenvalue weighted by Crippen LogP contribution is 2.40.